The first-order valence-corrected chi connectivity index (χ1v) is 9.75. The molecule has 0 amide bonds. The van der Waals surface area contributed by atoms with E-state index in [1.165, 1.54) is 11.1 Å². The number of pyridine rings is 1. The first-order chi connectivity index (χ1) is 12.6. The zero-order valence-electron chi connectivity index (χ0n) is 16.3. The lowest BCUT2D eigenvalue weighted by Gasteiger charge is -2.29. The second kappa shape index (κ2) is 10.8. The lowest BCUT2D eigenvalue weighted by atomic mass is 9.86. The van der Waals surface area contributed by atoms with E-state index in [-0.39, 0.29) is 11.9 Å². The Morgan fingerprint density at radius 1 is 1.31 bits per heavy atom. The Morgan fingerprint density at radius 2 is 2.08 bits per heavy atom. The second-order valence-corrected chi connectivity index (χ2v) is 6.76. The third kappa shape index (κ3) is 6.32. The second-order valence-electron chi connectivity index (χ2n) is 6.76. The Bertz CT molecular complexity index is 595. The fourth-order valence-electron chi connectivity index (χ4n) is 3.32. The van der Waals surface area contributed by atoms with Crippen molar-refractivity contribution in [2.75, 3.05) is 19.7 Å². The molecule has 0 aromatic carbocycles. The standard InChI is InChI=1S/C20H32N4O2/c1-4-22-20(23-13-11-16-10-12-21-14-15(16)3)24-18-8-6-17(7-9-18)19(25)26-5-2/h10,12,14,17-18H,4-9,11,13H2,1-3H3,(H2,22,23,24). The third-order valence-corrected chi connectivity index (χ3v) is 4.82. The van der Waals surface area contributed by atoms with Crippen LogP contribution >= 0.6 is 0 Å². The van der Waals surface area contributed by atoms with Gasteiger partial charge in [-0.1, -0.05) is 0 Å². The van der Waals surface area contributed by atoms with E-state index in [1.807, 2.05) is 19.3 Å². The molecule has 1 aromatic rings. The highest BCUT2D eigenvalue weighted by atomic mass is 16.5. The highest BCUT2D eigenvalue weighted by Crippen LogP contribution is 2.25. The number of ether oxygens (including phenoxy) is 1. The summed E-state index contributed by atoms with van der Waals surface area (Å²) in [5.74, 6) is 0.875. The molecule has 144 valence electrons. The summed E-state index contributed by atoms with van der Waals surface area (Å²) in [6, 6.07) is 2.42. The molecular formula is C20H32N4O2. The molecule has 6 heteroatoms. The van der Waals surface area contributed by atoms with Crippen molar-refractivity contribution in [3.05, 3.63) is 29.6 Å². The Balaban J connectivity index is 1.82. The van der Waals surface area contributed by atoms with Crippen LogP contribution in [0.25, 0.3) is 0 Å². The Morgan fingerprint density at radius 3 is 2.73 bits per heavy atom. The molecule has 1 aromatic heterocycles. The van der Waals surface area contributed by atoms with Gasteiger partial charge in [-0.05, 0) is 70.1 Å². The van der Waals surface area contributed by atoms with Crippen molar-refractivity contribution >= 4 is 11.9 Å². The van der Waals surface area contributed by atoms with Gasteiger partial charge in [-0.25, -0.2) is 0 Å². The van der Waals surface area contributed by atoms with Crippen LogP contribution in [0.1, 0.15) is 50.7 Å². The molecule has 0 atom stereocenters. The van der Waals surface area contributed by atoms with Gasteiger partial charge in [0.2, 0.25) is 0 Å². The maximum Gasteiger partial charge on any atom is 0.308 e. The molecule has 1 saturated carbocycles. The van der Waals surface area contributed by atoms with Gasteiger partial charge in [-0.15, -0.1) is 0 Å². The largest absolute Gasteiger partial charge is 0.466 e. The number of esters is 1. The first-order valence-electron chi connectivity index (χ1n) is 9.75. The quantitative estimate of drug-likeness (QED) is 0.444. The van der Waals surface area contributed by atoms with E-state index < -0.39 is 0 Å². The van der Waals surface area contributed by atoms with Crippen molar-refractivity contribution < 1.29 is 9.53 Å². The van der Waals surface area contributed by atoms with Crippen molar-refractivity contribution in [2.24, 2.45) is 10.9 Å². The van der Waals surface area contributed by atoms with E-state index in [0.717, 1.165) is 51.2 Å². The molecule has 0 spiro atoms. The number of rotatable bonds is 7. The van der Waals surface area contributed by atoms with Gasteiger partial charge >= 0.3 is 5.97 Å². The third-order valence-electron chi connectivity index (χ3n) is 4.82. The van der Waals surface area contributed by atoms with Crippen LogP contribution in [-0.2, 0) is 16.0 Å². The van der Waals surface area contributed by atoms with Crippen LogP contribution in [-0.4, -0.2) is 42.7 Å². The fourth-order valence-corrected chi connectivity index (χ4v) is 3.32. The average molecular weight is 361 g/mol. The molecule has 2 N–H and O–H groups in total. The molecule has 26 heavy (non-hydrogen) atoms. The molecule has 2 rings (SSSR count). The molecule has 1 fully saturated rings. The van der Waals surface area contributed by atoms with Crippen LogP contribution in [0.5, 0.6) is 0 Å². The summed E-state index contributed by atoms with van der Waals surface area (Å²) >= 11 is 0. The summed E-state index contributed by atoms with van der Waals surface area (Å²) in [6.07, 6.45) is 8.33. The van der Waals surface area contributed by atoms with Crippen molar-refractivity contribution in [1.82, 2.24) is 15.6 Å². The predicted octanol–water partition coefficient (Wildman–Crippen LogP) is 2.61. The Kier molecular flexibility index (Phi) is 8.38. The van der Waals surface area contributed by atoms with E-state index in [4.69, 9.17) is 9.73 Å². The molecule has 0 radical (unpaired) electrons. The van der Waals surface area contributed by atoms with Gasteiger partial charge in [-0.3, -0.25) is 14.8 Å². The van der Waals surface area contributed by atoms with Gasteiger partial charge in [0.1, 0.15) is 0 Å². The van der Waals surface area contributed by atoms with Crippen LogP contribution < -0.4 is 10.6 Å². The summed E-state index contributed by atoms with van der Waals surface area (Å²) in [5, 5.41) is 6.84. The van der Waals surface area contributed by atoms with E-state index in [0.29, 0.717) is 12.6 Å². The normalized spacial score (nSPS) is 20.5. The molecule has 1 heterocycles. The molecule has 6 nitrogen and oxygen atoms in total. The van der Waals surface area contributed by atoms with Gasteiger partial charge < -0.3 is 15.4 Å². The number of nitrogens with zero attached hydrogens (tertiary/aromatic N) is 2. The van der Waals surface area contributed by atoms with Crippen LogP contribution in [0, 0.1) is 12.8 Å². The summed E-state index contributed by atoms with van der Waals surface area (Å²) < 4.78 is 5.14. The topological polar surface area (TPSA) is 75.6 Å². The molecule has 0 saturated heterocycles. The van der Waals surface area contributed by atoms with E-state index in [2.05, 4.69) is 35.5 Å². The maximum atomic E-state index is 11.8. The van der Waals surface area contributed by atoms with Crippen LogP contribution in [0.2, 0.25) is 0 Å². The highest BCUT2D eigenvalue weighted by molar-refractivity contribution is 5.80. The first kappa shape index (κ1) is 20.2. The zero-order valence-corrected chi connectivity index (χ0v) is 16.3. The van der Waals surface area contributed by atoms with E-state index in [1.54, 1.807) is 0 Å². The number of hydrogen-bond acceptors (Lipinski definition) is 4. The smallest absolute Gasteiger partial charge is 0.308 e. The molecule has 1 aliphatic rings. The lowest BCUT2D eigenvalue weighted by Crippen LogP contribution is -2.45. The predicted molar refractivity (Wildman–Crippen MR) is 104 cm³/mol. The SMILES string of the molecule is CCNC(=NCCc1ccncc1C)NC1CCC(C(=O)OCC)CC1. The fraction of sp³-hybridized carbons (Fsp3) is 0.650. The van der Waals surface area contributed by atoms with Crippen molar-refractivity contribution in [3.8, 4) is 0 Å². The van der Waals surface area contributed by atoms with Crippen LogP contribution in [0.3, 0.4) is 0 Å². The lowest BCUT2D eigenvalue weighted by molar-refractivity contribution is -0.149. The molecule has 0 unspecified atom stereocenters. The van der Waals surface area contributed by atoms with Crippen molar-refractivity contribution in [3.63, 3.8) is 0 Å². The van der Waals surface area contributed by atoms with Gasteiger partial charge in [-0.2, -0.15) is 0 Å². The van der Waals surface area contributed by atoms with Crippen molar-refractivity contribution in [2.45, 2.75) is 58.9 Å². The van der Waals surface area contributed by atoms with Gasteiger partial charge in [0.15, 0.2) is 5.96 Å². The molecule has 0 bridgehead atoms. The van der Waals surface area contributed by atoms with Gasteiger partial charge in [0, 0.05) is 31.5 Å². The van der Waals surface area contributed by atoms with Crippen LogP contribution in [0.4, 0.5) is 0 Å². The van der Waals surface area contributed by atoms with Crippen molar-refractivity contribution in [1.29, 1.82) is 0 Å². The van der Waals surface area contributed by atoms with Crippen LogP contribution in [0.15, 0.2) is 23.5 Å². The molecule has 1 aliphatic carbocycles. The number of aromatic nitrogens is 1. The number of aryl methyl sites for hydroxylation is 1. The summed E-state index contributed by atoms with van der Waals surface area (Å²) in [6.45, 7) is 8.04. The Labute approximate surface area is 156 Å². The van der Waals surface area contributed by atoms with Gasteiger partial charge in [0.05, 0.1) is 12.5 Å². The molecular weight excluding hydrogens is 328 g/mol. The summed E-state index contributed by atoms with van der Waals surface area (Å²) in [7, 11) is 0. The zero-order chi connectivity index (χ0) is 18.8. The molecule has 0 aliphatic heterocycles. The number of carbonyl (C=O) groups excluding carboxylic acids is 1. The summed E-state index contributed by atoms with van der Waals surface area (Å²) in [5.41, 5.74) is 2.49. The monoisotopic (exact) mass is 360 g/mol. The average Bonchev–Trinajstić information content (AvgIpc) is 2.64. The Hall–Kier alpha value is -2.11. The number of carbonyl (C=O) groups is 1. The van der Waals surface area contributed by atoms with E-state index in [9.17, 15) is 4.79 Å². The minimum absolute atomic E-state index is 0.0424. The number of guanidine groups is 1. The minimum Gasteiger partial charge on any atom is -0.466 e. The van der Waals surface area contributed by atoms with Gasteiger partial charge in [0.25, 0.3) is 0 Å². The number of nitrogens with one attached hydrogen (secondary N) is 2. The summed E-state index contributed by atoms with van der Waals surface area (Å²) in [4.78, 5) is 20.7. The highest BCUT2D eigenvalue weighted by Gasteiger charge is 2.27. The number of hydrogen-bond donors (Lipinski definition) is 2. The maximum absolute atomic E-state index is 11.8. The van der Waals surface area contributed by atoms with E-state index >= 15 is 0 Å². The minimum atomic E-state index is -0.0424. The number of aliphatic imine (C=N–C) groups is 1.